The van der Waals surface area contributed by atoms with E-state index in [4.69, 9.17) is 0 Å². The molecule has 2 N–H and O–H groups in total. The summed E-state index contributed by atoms with van der Waals surface area (Å²) in [6.07, 6.45) is 6.63. The smallest absolute Gasteiger partial charge is 0.0587 e. The minimum Gasteiger partial charge on any atom is -0.383 e. The molecule has 0 unspecified atom stereocenters. The monoisotopic (exact) mass is 280 g/mol. The molecule has 0 amide bonds. The molecule has 1 heterocycles. The maximum atomic E-state index is 3.78. The third-order valence-electron chi connectivity index (χ3n) is 3.86. The fourth-order valence-corrected chi connectivity index (χ4v) is 3.34. The quantitative estimate of drug-likeness (QED) is 0.751. The molecule has 1 aromatic carbocycles. The third kappa shape index (κ3) is 1.81. The zero-order valence-electron chi connectivity index (χ0n) is 9.35. The zero-order valence-corrected chi connectivity index (χ0v) is 10.9. The second kappa shape index (κ2) is 3.95. The van der Waals surface area contributed by atoms with E-state index in [9.17, 15) is 0 Å². The van der Waals surface area contributed by atoms with Gasteiger partial charge in [0.1, 0.15) is 0 Å². The van der Waals surface area contributed by atoms with Gasteiger partial charge in [0, 0.05) is 16.6 Å². The van der Waals surface area contributed by atoms with Crippen molar-refractivity contribution in [2.75, 3.05) is 17.2 Å². The van der Waals surface area contributed by atoms with Crippen LogP contribution < -0.4 is 10.6 Å². The van der Waals surface area contributed by atoms with E-state index in [0.717, 1.165) is 11.0 Å². The number of anilines is 2. The second-order valence-corrected chi connectivity index (χ2v) is 5.89. The van der Waals surface area contributed by atoms with Crippen LogP contribution in [0.2, 0.25) is 0 Å². The number of fused-ring (bicyclic) bond motifs is 1. The van der Waals surface area contributed by atoms with Crippen molar-refractivity contribution in [1.29, 1.82) is 0 Å². The lowest BCUT2D eigenvalue weighted by atomic mass is 9.93. The van der Waals surface area contributed by atoms with E-state index >= 15 is 0 Å². The van der Waals surface area contributed by atoms with Gasteiger partial charge in [0.05, 0.1) is 11.4 Å². The van der Waals surface area contributed by atoms with Crippen LogP contribution in [0.4, 0.5) is 11.4 Å². The molecule has 1 aromatic rings. The molecule has 2 aliphatic rings. The van der Waals surface area contributed by atoms with E-state index < -0.39 is 0 Å². The van der Waals surface area contributed by atoms with E-state index in [1.165, 1.54) is 43.5 Å². The minimum absolute atomic E-state index is 0.367. The lowest BCUT2D eigenvalue weighted by Gasteiger charge is -2.29. The van der Waals surface area contributed by atoms with E-state index in [0.29, 0.717) is 5.54 Å². The van der Waals surface area contributed by atoms with Crippen LogP contribution in [0.3, 0.4) is 0 Å². The first-order valence-corrected chi connectivity index (χ1v) is 6.88. The van der Waals surface area contributed by atoms with Crippen LogP contribution >= 0.6 is 15.9 Å². The molecule has 0 saturated heterocycles. The van der Waals surface area contributed by atoms with Gasteiger partial charge in [-0.15, -0.1) is 0 Å². The Hall–Kier alpha value is -0.700. The van der Waals surface area contributed by atoms with Gasteiger partial charge in [-0.2, -0.15) is 0 Å². The molecule has 3 rings (SSSR count). The first-order valence-electron chi connectivity index (χ1n) is 6.09. The molecule has 1 aliphatic heterocycles. The maximum Gasteiger partial charge on any atom is 0.0587 e. The molecule has 86 valence electrons. The van der Waals surface area contributed by atoms with E-state index in [1.807, 2.05) is 0 Å². The van der Waals surface area contributed by atoms with Crippen molar-refractivity contribution in [3.05, 3.63) is 22.7 Å². The highest BCUT2D eigenvalue weighted by molar-refractivity contribution is 9.10. The molecular weight excluding hydrogens is 264 g/mol. The summed E-state index contributed by atoms with van der Waals surface area (Å²) >= 11 is 3.52. The summed E-state index contributed by atoms with van der Waals surface area (Å²) in [5, 5.41) is 7.30. The predicted octanol–water partition coefficient (Wildman–Crippen LogP) is 3.99. The van der Waals surface area contributed by atoms with Crippen LogP contribution in [-0.2, 0) is 0 Å². The van der Waals surface area contributed by atoms with Crippen molar-refractivity contribution in [3.8, 4) is 0 Å². The first-order chi connectivity index (χ1) is 7.77. The van der Waals surface area contributed by atoms with Crippen LogP contribution in [-0.4, -0.2) is 12.1 Å². The van der Waals surface area contributed by atoms with Crippen molar-refractivity contribution in [1.82, 2.24) is 0 Å². The standard InChI is InChI=1S/C13H17BrN2/c14-10-3-4-11-12(9-10)15-8-7-13(16-11)5-1-2-6-13/h3-4,9,15-16H,1-2,5-8H2. The van der Waals surface area contributed by atoms with Crippen molar-refractivity contribution in [2.24, 2.45) is 0 Å². The average Bonchev–Trinajstić information content (AvgIpc) is 2.62. The van der Waals surface area contributed by atoms with Crippen molar-refractivity contribution < 1.29 is 0 Å². The fraction of sp³-hybridized carbons (Fsp3) is 0.538. The SMILES string of the molecule is Brc1ccc2c(c1)NCCC1(CCCC1)N2. The molecule has 0 atom stereocenters. The van der Waals surface area contributed by atoms with Crippen LogP contribution in [0.15, 0.2) is 22.7 Å². The molecular formula is C13H17BrN2. The Kier molecular flexibility index (Phi) is 2.58. The van der Waals surface area contributed by atoms with Crippen LogP contribution in [0, 0.1) is 0 Å². The highest BCUT2D eigenvalue weighted by Crippen LogP contribution is 2.40. The van der Waals surface area contributed by atoms with Crippen LogP contribution in [0.5, 0.6) is 0 Å². The number of hydrogen-bond donors (Lipinski definition) is 2. The lowest BCUT2D eigenvalue weighted by Crippen LogP contribution is -2.35. The van der Waals surface area contributed by atoms with Gasteiger partial charge in [-0.1, -0.05) is 28.8 Å². The molecule has 1 spiro atoms. The number of benzene rings is 1. The lowest BCUT2D eigenvalue weighted by molar-refractivity contribution is 0.461. The van der Waals surface area contributed by atoms with Gasteiger partial charge in [-0.05, 0) is 37.5 Å². The van der Waals surface area contributed by atoms with Gasteiger partial charge in [0.15, 0.2) is 0 Å². The minimum atomic E-state index is 0.367. The summed E-state index contributed by atoms with van der Waals surface area (Å²) in [7, 11) is 0. The summed E-state index contributed by atoms with van der Waals surface area (Å²) in [6.45, 7) is 1.08. The predicted molar refractivity (Wildman–Crippen MR) is 72.1 cm³/mol. The summed E-state index contributed by atoms with van der Waals surface area (Å²) < 4.78 is 1.14. The van der Waals surface area contributed by atoms with Crippen molar-refractivity contribution in [3.63, 3.8) is 0 Å². The molecule has 3 heteroatoms. The van der Waals surface area contributed by atoms with E-state index in [-0.39, 0.29) is 0 Å². The molecule has 0 aromatic heterocycles. The van der Waals surface area contributed by atoms with Gasteiger partial charge in [-0.25, -0.2) is 0 Å². The van der Waals surface area contributed by atoms with Gasteiger partial charge in [0.25, 0.3) is 0 Å². The fourth-order valence-electron chi connectivity index (χ4n) is 2.98. The topological polar surface area (TPSA) is 24.1 Å². The number of rotatable bonds is 0. The normalized spacial score (nSPS) is 22.1. The Morgan fingerprint density at radius 3 is 2.69 bits per heavy atom. The molecule has 0 radical (unpaired) electrons. The van der Waals surface area contributed by atoms with E-state index in [1.54, 1.807) is 0 Å². The van der Waals surface area contributed by atoms with Crippen molar-refractivity contribution >= 4 is 27.3 Å². The number of nitrogens with one attached hydrogen (secondary N) is 2. The second-order valence-electron chi connectivity index (χ2n) is 4.98. The first kappa shape index (κ1) is 10.5. The maximum absolute atomic E-state index is 3.78. The highest BCUT2D eigenvalue weighted by Gasteiger charge is 2.35. The van der Waals surface area contributed by atoms with Gasteiger partial charge >= 0.3 is 0 Å². The summed E-state index contributed by atoms with van der Waals surface area (Å²) in [4.78, 5) is 0. The Balaban J connectivity index is 1.94. The van der Waals surface area contributed by atoms with E-state index in [2.05, 4.69) is 44.8 Å². The Labute approximate surface area is 105 Å². The van der Waals surface area contributed by atoms with Crippen LogP contribution in [0.25, 0.3) is 0 Å². The molecule has 0 bridgehead atoms. The molecule has 1 saturated carbocycles. The number of halogens is 1. The number of hydrogen-bond acceptors (Lipinski definition) is 2. The highest BCUT2D eigenvalue weighted by atomic mass is 79.9. The van der Waals surface area contributed by atoms with Gasteiger partial charge in [-0.3, -0.25) is 0 Å². The molecule has 1 aliphatic carbocycles. The molecule has 16 heavy (non-hydrogen) atoms. The Bertz CT molecular complexity index is 397. The van der Waals surface area contributed by atoms with Gasteiger partial charge < -0.3 is 10.6 Å². The summed E-state index contributed by atoms with van der Waals surface area (Å²) in [5.41, 5.74) is 2.87. The Morgan fingerprint density at radius 2 is 1.88 bits per heavy atom. The largest absolute Gasteiger partial charge is 0.383 e. The van der Waals surface area contributed by atoms with Crippen molar-refractivity contribution in [2.45, 2.75) is 37.6 Å². The van der Waals surface area contributed by atoms with Gasteiger partial charge in [0.2, 0.25) is 0 Å². The Morgan fingerprint density at radius 1 is 1.06 bits per heavy atom. The summed E-state index contributed by atoms with van der Waals surface area (Å²) in [6, 6.07) is 6.45. The average molecular weight is 281 g/mol. The zero-order chi connectivity index (χ0) is 11.0. The molecule has 1 fully saturated rings. The van der Waals surface area contributed by atoms with Crippen LogP contribution in [0.1, 0.15) is 32.1 Å². The third-order valence-corrected chi connectivity index (χ3v) is 4.35. The summed E-state index contributed by atoms with van der Waals surface area (Å²) in [5.74, 6) is 0. The molecule has 2 nitrogen and oxygen atoms in total.